The molecule has 1 aliphatic rings. The number of hydrogen-bond donors (Lipinski definition) is 0. The topological polar surface area (TPSA) is 9.23 Å². The van der Waals surface area contributed by atoms with Gasteiger partial charge in [-0.25, -0.2) is 0 Å². The van der Waals surface area contributed by atoms with E-state index in [0.717, 1.165) is 11.5 Å². The SMILES string of the molecule is c1ccc(-c2ccccc2B2c3ccccc3Oc3ccccc32)cc1. The molecule has 1 heterocycles. The molecule has 0 saturated carbocycles. The molecule has 0 amide bonds. The molecule has 0 saturated heterocycles. The standard InChI is InChI=1S/C24H17BO/c1-2-10-18(11-3-1)19-12-4-5-13-20(19)25-21-14-6-8-16-23(21)26-24-17-9-7-15-22(24)25/h1-17H. The van der Waals surface area contributed by atoms with Gasteiger partial charge in [0.25, 0.3) is 6.71 Å². The Balaban J connectivity index is 1.78. The van der Waals surface area contributed by atoms with Gasteiger partial charge in [0, 0.05) is 0 Å². The predicted octanol–water partition coefficient (Wildman–Crippen LogP) is 3.98. The first-order chi connectivity index (χ1) is 12.9. The third-order valence-corrected chi connectivity index (χ3v) is 5.04. The Labute approximate surface area is 154 Å². The smallest absolute Gasteiger partial charge is 0.251 e. The molecular weight excluding hydrogens is 315 g/mol. The first kappa shape index (κ1) is 15.0. The monoisotopic (exact) mass is 332 g/mol. The van der Waals surface area contributed by atoms with Gasteiger partial charge in [0.15, 0.2) is 0 Å². The van der Waals surface area contributed by atoms with E-state index in [0.29, 0.717) is 0 Å². The van der Waals surface area contributed by atoms with Gasteiger partial charge in [-0.1, -0.05) is 96.5 Å². The minimum absolute atomic E-state index is 0.160. The van der Waals surface area contributed by atoms with E-state index in [9.17, 15) is 0 Å². The van der Waals surface area contributed by atoms with Crippen LogP contribution < -0.4 is 21.1 Å². The van der Waals surface area contributed by atoms with Gasteiger partial charge in [-0.3, -0.25) is 0 Å². The molecule has 4 aromatic rings. The highest BCUT2D eigenvalue weighted by Crippen LogP contribution is 2.26. The zero-order valence-electron chi connectivity index (χ0n) is 14.3. The number of hydrogen-bond acceptors (Lipinski definition) is 1. The van der Waals surface area contributed by atoms with Crippen molar-refractivity contribution in [3.05, 3.63) is 103 Å². The van der Waals surface area contributed by atoms with Gasteiger partial charge in [0.05, 0.1) is 0 Å². The van der Waals surface area contributed by atoms with Crippen molar-refractivity contribution >= 4 is 23.1 Å². The van der Waals surface area contributed by atoms with E-state index in [1.54, 1.807) is 0 Å². The molecule has 0 unspecified atom stereocenters. The van der Waals surface area contributed by atoms with Crippen LogP contribution in [0.1, 0.15) is 0 Å². The van der Waals surface area contributed by atoms with E-state index in [2.05, 4.69) is 91.0 Å². The number of benzene rings is 4. The average Bonchev–Trinajstić information content (AvgIpc) is 2.72. The number of ether oxygens (including phenoxy) is 1. The molecule has 1 aliphatic heterocycles. The highest BCUT2D eigenvalue weighted by Gasteiger charge is 2.33. The minimum atomic E-state index is 0.160. The summed E-state index contributed by atoms with van der Waals surface area (Å²) in [4.78, 5) is 0. The molecule has 122 valence electrons. The van der Waals surface area contributed by atoms with E-state index in [-0.39, 0.29) is 6.71 Å². The second-order valence-corrected chi connectivity index (χ2v) is 6.56. The molecule has 0 N–H and O–H groups in total. The molecule has 2 heteroatoms. The van der Waals surface area contributed by atoms with Gasteiger partial charge in [0.1, 0.15) is 11.5 Å². The Hall–Kier alpha value is -3.26. The third-order valence-electron chi connectivity index (χ3n) is 5.04. The summed E-state index contributed by atoms with van der Waals surface area (Å²) in [6.45, 7) is 0.160. The molecule has 4 aromatic carbocycles. The van der Waals surface area contributed by atoms with Crippen LogP contribution in [-0.2, 0) is 0 Å². The molecule has 0 atom stereocenters. The fourth-order valence-electron chi connectivity index (χ4n) is 3.87. The van der Waals surface area contributed by atoms with Gasteiger partial charge in [-0.2, -0.15) is 0 Å². The third kappa shape index (κ3) is 2.43. The van der Waals surface area contributed by atoms with Crippen LogP contribution in [-0.4, -0.2) is 6.71 Å². The number of para-hydroxylation sites is 2. The normalized spacial score (nSPS) is 12.1. The summed E-state index contributed by atoms with van der Waals surface area (Å²) in [5, 5.41) is 0. The molecular formula is C24H17BO. The molecule has 0 fully saturated rings. The van der Waals surface area contributed by atoms with E-state index in [1.165, 1.54) is 27.5 Å². The van der Waals surface area contributed by atoms with Crippen molar-refractivity contribution < 1.29 is 4.74 Å². The maximum Gasteiger partial charge on any atom is 0.251 e. The first-order valence-electron chi connectivity index (χ1n) is 8.92. The van der Waals surface area contributed by atoms with Crippen molar-refractivity contribution in [1.82, 2.24) is 0 Å². The fourth-order valence-corrected chi connectivity index (χ4v) is 3.87. The predicted molar refractivity (Wildman–Crippen MR) is 109 cm³/mol. The second-order valence-electron chi connectivity index (χ2n) is 6.56. The van der Waals surface area contributed by atoms with Crippen molar-refractivity contribution in [2.24, 2.45) is 0 Å². The Bertz CT molecular complexity index is 1030. The Morgan fingerprint density at radius 3 is 1.62 bits per heavy atom. The zero-order valence-corrected chi connectivity index (χ0v) is 14.3. The van der Waals surface area contributed by atoms with E-state index < -0.39 is 0 Å². The van der Waals surface area contributed by atoms with E-state index >= 15 is 0 Å². The van der Waals surface area contributed by atoms with Crippen molar-refractivity contribution in [1.29, 1.82) is 0 Å². The molecule has 26 heavy (non-hydrogen) atoms. The summed E-state index contributed by atoms with van der Waals surface area (Å²) in [5.41, 5.74) is 6.25. The highest BCUT2D eigenvalue weighted by atomic mass is 16.5. The number of fused-ring (bicyclic) bond motifs is 2. The fraction of sp³-hybridized carbons (Fsp3) is 0. The Kier molecular flexibility index (Phi) is 3.60. The molecule has 0 radical (unpaired) electrons. The average molecular weight is 332 g/mol. The van der Waals surface area contributed by atoms with Crippen LogP contribution in [0.25, 0.3) is 11.1 Å². The van der Waals surface area contributed by atoms with Gasteiger partial charge in [-0.15, -0.1) is 0 Å². The Morgan fingerprint density at radius 1 is 0.462 bits per heavy atom. The highest BCUT2D eigenvalue weighted by molar-refractivity contribution is 6.97. The lowest BCUT2D eigenvalue weighted by Gasteiger charge is -2.27. The van der Waals surface area contributed by atoms with Crippen LogP contribution in [0, 0.1) is 0 Å². The summed E-state index contributed by atoms with van der Waals surface area (Å²) in [7, 11) is 0. The van der Waals surface area contributed by atoms with Crippen LogP contribution in [0.2, 0.25) is 0 Å². The van der Waals surface area contributed by atoms with Crippen molar-refractivity contribution in [2.75, 3.05) is 0 Å². The van der Waals surface area contributed by atoms with Crippen LogP contribution in [0.3, 0.4) is 0 Å². The van der Waals surface area contributed by atoms with E-state index in [1.807, 2.05) is 12.1 Å². The summed E-state index contributed by atoms with van der Waals surface area (Å²) in [6, 6.07) is 36.0. The van der Waals surface area contributed by atoms with Crippen molar-refractivity contribution in [2.45, 2.75) is 0 Å². The molecule has 1 nitrogen and oxygen atoms in total. The minimum Gasteiger partial charge on any atom is -0.458 e. The van der Waals surface area contributed by atoms with Crippen molar-refractivity contribution in [3.8, 4) is 22.6 Å². The maximum absolute atomic E-state index is 6.17. The second kappa shape index (κ2) is 6.23. The van der Waals surface area contributed by atoms with Crippen LogP contribution in [0.4, 0.5) is 0 Å². The van der Waals surface area contributed by atoms with E-state index in [4.69, 9.17) is 4.74 Å². The van der Waals surface area contributed by atoms with Gasteiger partial charge in [0.2, 0.25) is 0 Å². The molecule has 0 bridgehead atoms. The van der Waals surface area contributed by atoms with Crippen molar-refractivity contribution in [3.63, 3.8) is 0 Å². The Morgan fingerprint density at radius 2 is 0.962 bits per heavy atom. The lowest BCUT2D eigenvalue weighted by atomic mass is 9.35. The van der Waals surface area contributed by atoms with Crippen LogP contribution >= 0.6 is 0 Å². The summed E-state index contributed by atoms with van der Waals surface area (Å²) in [5.74, 6) is 1.89. The van der Waals surface area contributed by atoms with Gasteiger partial charge < -0.3 is 4.74 Å². The van der Waals surface area contributed by atoms with Crippen LogP contribution in [0.15, 0.2) is 103 Å². The summed E-state index contributed by atoms with van der Waals surface area (Å²) in [6.07, 6.45) is 0. The summed E-state index contributed by atoms with van der Waals surface area (Å²) >= 11 is 0. The molecule has 0 aromatic heterocycles. The molecule has 0 spiro atoms. The lowest BCUT2D eigenvalue weighted by Crippen LogP contribution is -2.55. The maximum atomic E-state index is 6.17. The zero-order chi connectivity index (χ0) is 17.3. The largest absolute Gasteiger partial charge is 0.458 e. The number of rotatable bonds is 2. The van der Waals surface area contributed by atoms with Crippen LogP contribution in [0.5, 0.6) is 11.5 Å². The lowest BCUT2D eigenvalue weighted by molar-refractivity contribution is 0.487. The molecule has 5 rings (SSSR count). The quantitative estimate of drug-likeness (QED) is 0.445. The first-order valence-corrected chi connectivity index (χ1v) is 8.92. The van der Waals surface area contributed by atoms with Gasteiger partial charge in [-0.05, 0) is 34.2 Å². The van der Waals surface area contributed by atoms with Gasteiger partial charge >= 0.3 is 0 Å². The molecule has 0 aliphatic carbocycles. The summed E-state index contributed by atoms with van der Waals surface area (Å²) < 4.78 is 6.17.